The second kappa shape index (κ2) is 6.46. The summed E-state index contributed by atoms with van der Waals surface area (Å²) in [5.74, 6) is 2.56. The highest BCUT2D eigenvalue weighted by molar-refractivity contribution is 6.32. The molecule has 2 aromatic heterocycles. The molecule has 3 heterocycles. The highest BCUT2D eigenvalue weighted by atomic mass is 35.5. The molecule has 1 aliphatic heterocycles. The molecule has 1 unspecified atom stereocenters. The lowest BCUT2D eigenvalue weighted by Gasteiger charge is -2.19. The number of rotatable bonds is 5. The summed E-state index contributed by atoms with van der Waals surface area (Å²) in [5, 5.41) is 0.332. The number of halogens is 2. The number of hydrogen-bond acceptors (Lipinski definition) is 4. The molecule has 2 aliphatic rings. The van der Waals surface area contributed by atoms with Crippen LogP contribution in [0.5, 0.6) is 5.75 Å². The number of nitrogens with zero attached hydrogens (tertiary/aromatic N) is 4. The Kier molecular flexibility index (Phi) is 4.06. The summed E-state index contributed by atoms with van der Waals surface area (Å²) in [6.45, 7) is 3.43. The normalized spacial score (nSPS) is 24.3. The fourth-order valence-corrected chi connectivity index (χ4v) is 4.56. The van der Waals surface area contributed by atoms with Crippen molar-refractivity contribution in [2.24, 2.45) is 24.8 Å². The van der Waals surface area contributed by atoms with Crippen LogP contribution in [0.1, 0.15) is 5.82 Å². The molecular formula is C20H20ClFN4O. The smallest absolute Gasteiger partial charge is 0.173 e. The maximum absolute atomic E-state index is 13.8. The first-order chi connectivity index (χ1) is 13.1. The fraction of sp³-hybridized carbons (Fsp3) is 0.400. The van der Waals surface area contributed by atoms with Gasteiger partial charge in [-0.2, -0.15) is 0 Å². The van der Waals surface area contributed by atoms with Crippen molar-refractivity contribution in [3.05, 3.63) is 53.3 Å². The van der Waals surface area contributed by atoms with E-state index in [1.54, 1.807) is 18.3 Å². The van der Waals surface area contributed by atoms with Crippen molar-refractivity contribution in [1.82, 2.24) is 19.4 Å². The van der Waals surface area contributed by atoms with E-state index >= 15 is 0 Å². The minimum atomic E-state index is -0.397. The molecule has 1 saturated carbocycles. The van der Waals surface area contributed by atoms with Gasteiger partial charge in [0.25, 0.3) is 0 Å². The van der Waals surface area contributed by atoms with E-state index in [-0.39, 0.29) is 5.75 Å². The Morgan fingerprint density at radius 2 is 2.07 bits per heavy atom. The zero-order valence-corrected chi connectivity index (χ0v) is 15.7. The van der Waals surface area contributed by atoms with E-state index in [9.17, 15) is 4.39 Å². The number of piperidine rings is 1. The monoisotopic (exact) mass is 386 g/mol. The van der Waals surface area contributed by atoms with Crippen LogP contribution in [0.4, 0.5) is 4.39 Å². The van der Waals surface area contributed by atoms with E-state index in [1.807, 2.05) is 19.3 Å². The van der Waals surface area contributed by atoms with E-state index in [0.717, 1.165) is 36.5 Å². The topological polar surface area (TPSA) is 43.2 Å². The predicted octanol–water partition coefficient (Wildman–Crippen LogP) is 3.52. The van der Waals surface area contributed by atoms with Crippen LogP contribution >= 0.6 is 11.6 Å². The summed E-state index contributed by atoms with van der Waals surface area (Å²) in [5.41, 5.74) is 2.05. The highest BCUT2D eigenvalue weighted by Crippen LogP contribution is 2.52. The lowest BCUT2D eigenvalue weighted by molar-refractivity contribution is 0.222. The number of hydrogen-bond donors (Lipinski definition) is 0. The highest BCUT2D eigenvalue weighted by Gasteiger charge is 2.55. The molecule has 2 fully saturated rings. The maximum atomic E-state index is 13.8. The summed E-state index contributed by atoms with van der Waals surface area (Å²) >= 11 is 6.03. The molecule has 0 amide bonds. The first-order valence-electron chi connectivity index (χ1n) is 9.16. The fourth-order valence-electron chi connectivity index (χ4n) is 4.34. The molecule has 0 spiro atoms. The molecular weight excluding hydrogens is 367 g/mol. The van der Waals surface area contributed by atoms with Crippen molar-refractivity contribution in [2.75, 3.05) is 19.7 Å². The van der Waals surface area contributed by atoms with Gasteiger partial charge in [0, 0.05) is 32.3 Å². The van der Waals surface area contributed by atoms with E-state index in [1.165, 1.54) is 6.07 Å². The van der Waals surface area contributed by atoms with Crippen LogP contribution in [0.25, 0.3) is 11.0 Å². The zero-order valence-electron chi connectivity index (χ0n) is 15.0. The van der Waals surface area contributed by atoms with Gasteiger partial charge in [-0.15, -0.1) is 0 Å². The predicted molar refractivity (Wildman–Crippen MR) is 101 cm³/mol. The van der Waals surface area contributed by atoms with Gasteiger partial charge in [-0.25, -0.2) is 9.37 Å². The molecule has 1 aliphatic carbocycles. The lowest BCUT2D eigenvalue weighted by atomic mass is 10.2. The summed E-state index contributed by atoms with van der Waals surface area (Å²) in [4.78, 5) is 11.4. The molecule has 3 atom stereocenters. The molecule has 0 radical (unpaired) electrons. The van der Waals surface area contributed by atoms with E-state index in [4.69, 9.17) is 21.3 Å². The molecule has 7 heteroatoms. The van der Waals surface area contributed by atoms with Gasteiger partial charge in [0.15, 0.2) is 11.6 Å². The number of imidazole rings is 1. The van der Waals surface area contributed by atoms with Crippen LogP contribution in [0.2, 0.25) is 5.02 Å². The number of ether oxygens (including phenoxy) is 1. The van der Waals surface area contributed by atoms with E-state index in [0.29, 0.717) is 29.4 Å². The molecule has 1 aromatic carbocycles. The molecule has 0 bridgehead atoms. The minimum Gasteiger partial charge on any atom is -0.489 e. The third kappa shape index (κ3) is 2.97. The molecule has 140 valence electrons. The Hall–Kier alpha value is -2.18. The van der Waals surface area contributed by atoms with Crippen molar-refractivity contribution in [1.29, 1.82) is 0 Å². The van der Waals surface area contributed by atoms with Crippen molar-refractivity contribution < 1.29 is 9.13 Å². The maximum Gasteiger partial charge on any atom is 0.173 e. The first kappa shape index (κ1) is 17.0. The van der Waals surface area contributed by atoms with Crippen molar-refractivity contribution in [3.8, 4) is 5.75 Å². The van der Waals surface area contributed by atoms with E-state index < -0.39 is 5.82 Å². The van der Waals surface area contributed by atoms with Crippen LogP contribution in [0, 0.1) is 23.6 Å². The summed E-state index contributed by atoms with van der Waals surface area (Å²) < 4.78 is 21.6. The Balaban J connectivity index is 1.18. The number of aromatic nitrogens is 3. The van der Waals surface area contributed by atoms with Crippen LogP contribution in [0.15, 0.2) is 36.7 Å². The van der Waals surface area contributed by atoms with Crippen molar-refractivity contribution in [2.45, 2.75) is 6.54 Å². The third-order valence-corrected chi connectivity index (χ3v) is 6.22. The van der Waals surface area contributed by atoms with Crippen LogP contribution < -0.4 is 4.74 Å². The number of pyridine rings is 1. The van der Waals surface area contributed by atoms with E-state index in [2.05, 4.69) is 14.5 Å². The number of para-hydroxylation sites is 1. The SMILES string of the molecule is Cn1c(CN2C[C@@H]3C(COc4c(F)cccc4Cl)[C@@H]3C2)nc2ccncc21. The molecule has 1 saturated heterocycles. The van der Waals surface area contributed by atoms with Gasteiger partial charge < -0.3 is 9.30 Å². The van der Waals surface area contributed by atoms with Crippen LogP contribution in [0.3, 0.4) is 0 Å². The first-order valence-corrected chi connectivity index (χ1v) is 9.54. The molecule has 27 heavy (non-hydrogen) atoms. The summed E-state index contributed by atoms with van der Waals surface area (Å²) in [6.07, 6.45) is 3.63. The minimum absolute atomic E-state index is 0.175. The Morgan fingerprint density at radius 3 is 2.81 bits per heavy atom. The van der Waals surface area contributed by atoms with Gasteiger partial charge in [0.1, 0.15) is 5.82 Å². The number of fused-ring (bicyclic) bond motifs is 2. The van der Waals surface area contributed by atoms with Crippen LogP contribution in [-0.2, 0) is 13.6 Å². The van der Waals surface area contributed by atoms with Crippen molar-refractivity contribution >= 4 is 22.6 Å². The van der Waals surface area contributed by atoms with Gasteiger partial charge in [0.2, 0.25) is 0 Å². The standard InChI is InChI=1S/C20H20ClFN4O/c1-25-18-7-23-6-5-17(18)24-19(25)10-26-8-12-13(9-26)14(12)11-27-20-15(21)3-2-4-16(20)22/h2-7,12-14H,8-11H2,1H3/t12-,13+,14?. The Labute approximate surface area is 161 Å². The lowest BCUT2D eigenvalue weighted by Crippen LogP contribution is -2.26. The molecule has 0 N–H and O–H groups in total. The molecule has 3 aromatic rings. The largest absolute Gasteiger partial charge is 0.489 e. The van der Waals surface area contributed by atoms with Gasteiger partial charge in [-0.05, 0) is 30.0 Å². The van der Waals surface area contributed by atoms with Gasteiger partial charge >= 0.3 is 0 Å². The summed E-state index contributed by atoms with van der Waals surface area (Å²) in [6, 6.07) is 6.57. The molecule has 5 nitrogen and oxygen atoms in total. The Bertz CT molecular complexity index is 975. The van der Waals surface area contributed by atoms with Crippen molar-refractivity contribution in [3.63, 3.8) is 0 Å². The van der Waals surface area contributed by atoms with Gasteiger partial charge in [0.05, 0.1) is 35.4 Å². The number of aryl methyl sites for hydroxylation is 1. The number of benzene rings is 1. The summed E-state index contributed by atoms with van der Waals surface area (Å²) in [7, 11) is 2.04. The second-order valence-corrected chi connectivity index (χ2v) is 7.91. The van der Waals surface area contributed by atoms with Gasteiger partial charge in [-0.1, -0.05) is 17.7 Å². The van der Waals surface area contributed by atoms with Crippen LogP contribution in [-0.4, -0.2) is 39.1 Å². The average Bonchev–Trinajstić information content (AvgIpc) is 2.98. The average molecular weight is 387 g/mol. The number of likely N-dealkylation sites (tertiary alicyclic amines) is 1. The van der Waals surface area contributed by atoms with Gasteiger partial charge in [-0.3, -0.25) is 9.88 Å². The quantitative estimate of drug-likeness (QED) is 0.673. The second-order valence-electron chi connectivity index (χ2n) is 7.50. The Morgan fingerprint density at radius 1 is 1.26 bits per heavy atom. The molecule has 5 rings (SSSR count). The zero-order chi connectivity index (χ0) is 18.5. The third-order valence-electron chi connectivity index (χ3n) is 5.93.